The number of aromatic nitrogens is 1. The second kappa shape index (κ2) is 8.24. The molecule has 0 radical (unpaired) electrons. The summed E-state index contributed by atoms with van der Waals surface area (Å²) in [6.45, 7) is 3.05. The van der Waals surface area contributed by atoms with Crippen molar-refractivity contribution in [1.82, 2.24) is 9.88 Å². The number of pyridine rings is 1. The largest absolute Gasteiger partial charge is 0.353 e. The van der Waals surface area contributed by atoms with Crippen molar-refractivity contribution < 1.29 is 9.59 Å². The van der Waals surface area contributed by atoms with E-state index in [1.54, 1.807) is 23.2 Å². The fourth-order valence-corrected chi connectivity index (χ4v) is 5.24. The SMILES string of the molecule is N#Cc1cccnc1N1CCN(CC(=O)N2c3ccccc3NC(=O)C23CCCC3)CC1. The van der Waals surface area contributed by atoms with Crippen molar-refractivity contribution >= 4 is 29.0 Å². The van der Waals surface area contributed by atoms with E-state index in [-0.39, 0.29) is 18.4 Å². The van der Waals surface area contributed by atoms with Gasteiger partial charge in [-0.05, 0) is 37.1 Å². The average molecular weight is 431 g/mol. The molecule has 1 aliphatic carbocycles. The Kier molecular flexibility index (Phi) is 5.27. The van der Waals surface area contributed by atoms with Crippen molar-refractivity contribution in [3.8, 4) is 6.07 Å². The number of para-hydroxylation sites is 2. The van der Waals surface area contributed by atoms with Gasteiger partial charge < -0.3 is 10.2 Å². The van der Waals surface area contributed by atoms with E-state index in [0.29, 0.717) is 56.1 Å². The minimum absolute atomic E-state index is 0.0294. The number of hydrogen-bond acceptors (Lipinski definition) is 6. The molecule has 1 N–H and O–H groups in total. The first-order chi connectivity index (χ1) is 15.6. The maximum absolute atomic E-state index is 13.6. The van der Waals surface area contributed by atoms with E-state index in [1.807, 2.05) is 24.3 Å². The molecule has 8 heteroatoms. The van der Waals surface area contributed by atoms with Gasteiger partial charge in [0.15, 0.2) is 0 Å². The summed E-state index contributed by atoms with van der Waals surface area (Å²) in [5.41, 5.74) is 1.29. The summed E-state index contributed by atoms with van der Waals surface area (Å²) >= 11 is 0. The van der Waals surface area contributed by atoms with Crippen LogP contribution in [0.1, 0.15) is 31.2 Å². The van der Waals surface area contributed by atoms with Crippen LogP contribution in [-0.4, -0.2) is 60.0 Å². The number of piperazine rings is 1. The van der Waals surface area contributed by atoms with Crippen molar-refractivity contribution in [2.45, 2.75) is 31.2 Å². The van der Waals surface area contributed by atoms with Gasteiger partial charge in [-0.1, -0.05) is 25.0 Å². The summed E-state index contributed by atoms with van der Waals surface area (Å²) in [6, 6.07) is 13.3. The van der Waals surface area contributed by atoms with Crippen LogP contribution in [0, 0.1) is 11.3 Å². The Morgan fingerprint density at radius 2 is 1.84 bits per heavy atom. The Hall–Kier alpha value is -3.44. The molecule has 164 valence electrons. The highest BCUT2D eigenvalue weighted by Gasteiger charge is 2.52. The molecule has 1 saturated carbocycles. The van der Waals surface area contributed by atoms with Gasteiger partial charge in [0.25, 0.3) is 5.91 Å². The van der Waals surface area contributed by atoms with Crippen molar-refractivity contribution in [2.75, 3.05) is 47.8 Å². The Balaban J connectivity index is 1.33. The number of benzene rings is 1. The van der Waals surface area contributed by atoms with Crippen LogP contribution in [0.4, 0.5) is 17.2 Å². The number of carbonyl (C=O) groups excluding carboxylic acids is 2. The molecule has 0 atom stereocenters. The lowest BCUT2D eigenvalue weighted by Crippen LogP contribution is -2.62. The summed E-state index contributed by atoms with van der Waals surface area (Å²) < 4.78 is 0. The normalized spacial score (nSPS) is 20.0. The minimum Gasteiger partial charge on any atom is -0.353 e. The van der Waals surface area contributed by atoms with Gasteiger partial charge in [0.2, 0.25) is 5.91 Å². The van der Waals surface area contributed by atoms with Gasteiger partial charge in [-0.15, -0.1) is 0 Å². The van der Waals surface area contributed by atoms with Gasteiger partial charge in [0, 0.05) is 32.4 Å². The molecule has 1 saturated heterocycles. The molecule has 2 amide bonds. The lowest BCUT2D eigenvalue weighted by molar-refractivity contribution is -0.128. The Morgan fingerprint density at radius 1 is 1.09 bits per heavy atom. The van der Waals surface area contributed by atoms with Gasteiger partial charge in [0.1, 0.15) is 17.4 Å². The molecule has 1 aromatic carbocycles. The Morgan fingerprint density at radius 3 is 2.59 bits per heavy atom. The number of hydrogen-bond donors (Lipinski definition) is 1. The van der Waals surface area contributed by atoms with Gasteiger partial charge in [-0.2, -0.15) is 5.26 Å². The molecule has 8 nitrogen and oxygen atoms in total. The smallest absolute Gasteiger partial charge is 0.250 e. The summed E-state index contributed by atoms with van der Waals surface area (Å²) in [7, 11) is 0. The van der Waals surface area contributed by atoms with Crippen LogP contribution in [0.2, 0.25) is 0 Å². The highest BCUT2D eigenvalue weighted by molar-refractivity contribution is 6.15. The molecule has 32 heavy (non-hydrogen) atoms. The van der Waals surface area contributed by atoms with E-state index in [2.05, 4.69) is 26.2 Å². The monoisotopic (exact) mass is 430 g/mol. The molecule has 1 spiro atoms. The van der Waals surface area contributed by atoms with Crippen LogP contribution in [0.25, 0.3) is 0 Å². The predicted molar refractivity (Wildman–Crippen MR) is 121 cm³/mol. The molecule has 3 heterocycles. The minimum atomic E-state index is -0.775. The highest BCUT2D eigenvalue weighted by atomic mass is 16.2. The molecule has 2 aromatic rings. The molecule has 1 aromatic heterocycles. The third-order valence-electron chi connectivity index (χ3n) is 6.86. The molecule has 0 unspecified atom stereocenters. The van der Waals surface area contributed by atoms with E-state index >= 15 is 0 Å². The number of rotatable bonds is 3. The number of nitriles is 1. The predicted octanol–water partition coefficient (Wildman–Crippen LogP) is 2.37. The quantitative estimate of drug-likeness (QED) is 0.804. The van der Waals surface area contributed by atoms with Crippen LogP contribution in [-0.2, 0) is 9.59 Å². The first-order valence-corrected chi connectivity index (χ1v) is 11.2. The highest BCUT2D eigenvalue weighted by Crippen LogP contribution is 2.45. The van der Waals surface area contributed by atoms with Gasteiger partial charge in [0.05, 0.1) is 23.5 Å². The van der Waals surface area contributed by atoms with Crippen LogP contribution in [0.15, 0.2) is 42.6 Å². The third kappa shape index (κ3) is 3.39. The maximum Gasteiger partial charge on any atom is 0.250 e. The first-order valence-electron chi connectivity index (χ1n) is 11.2. The number of nitrogens with zero attached hydrogens (tertiary/aromatic N) is 5. The molecular formula is C24H26N6O2. The summed E-state index contributed by atoms with van der Waals surface area (Å²) in [5.74, 6) is 0.608. The zero-order chi connectivity index (χ0) is 22.1. The topological polar surface area (TPSA) is 92.6 Å². The molecule has 2 aliphatic heterocycles. The van der Waals surface area contributed by atoms with Gasteiger partial charge >= 0.3 is 0 Å². The zero-order valence-corrected chi connectivity index (χ0v) is 18.0. The van der Waals surface area contributed by atoms with E-state index < -0.39 is 5.54 Å². The van der Waals surface area contributed by atoms with Crippen LogP contribution >= 0.6 is 0 Å². The number of carbonyl (C=O) groups is 2. The summed E-state index contributed by atoms with van der Waals surface area (Å²) in [4.78, 5) is 37.1. The van der Waals surface area contributed by atoms with E-state index in [9.17, 15) is 14.9 Å². The van der Waals surface area contributed by atoms with Gasteiger partial charge in [-0.25, -0.2) is 4.98 Å². The molecule has 5 rings (SSSR count). The van der Waals surface area contributed by atoms with Crippen molar-refractivity contribution in [3.05, 3.63) is 48.2 Å². The third-order valence-corrected chi connectivity index (χ3v) is 6.86. The molecular weight excluding hydrogens is 404 g/mol. The zero-order valence-electron chi connectivity index (χ0n) is 18.0. The maximum atomic E-state index is 13.6. The lowest BCUT2D eigenvalue weighted by atomic mass is 9.89. The van der Waals surface area contributed by atoms with E-state index in [1.165, 1.54) is 0 Å². The number of fused-ring (bicyclic) bond motifs is 1. The second-order valence-corrected chi connectivity index (χ2v) is 8.69. The fourth-order valence-electron chi connectivity index (χ4n) is 5.24. The number of anilines is 3. The van der Waals surface area contributed by atoms with E-state index in [0.717, 1.165) is 18.5 Å². The molecule has 2 fully saturated rings. The number of nitrogens with one attached hydrogen (secondary N) is 1. The Bertz CT molecular complexity index is 1080. The average Bonchev–Trinajstić information content (AvgIpc) is 3.31. The first kappa shape index (κ1) is 20.5. The van der Waals surface area contributed by atoms with E-state index in [4.69, 9.17) is 0 Å². The van der Waals surface area contributed by atoms with Crippen LogP contribution in [0.5, 0.6) is 0 Å². The Labute approximate surface area is 187 Å². The molecule has 0 bridgehead atoms. The molecule has 3 aliphatic rings. The summed E-state index contributed by atoms with van der Waals surface area (Å²) in [5, 5.41) is 12.4. The number of amides is 2. The standard InChI is InChI=1S/C24H26N6O2/c25-16-18-6-5-11-26-22(18)29-14-12-28(13-15-29)17-21(31)30-20-8-2-1-7-19(20)27-23(32)24(30)9-3-4-10-24/h1-2,5-8,11H,3-4,9-10,12-15,17H2,(H,27,32). The second-order valence-electron chi connectivity index (χ2n) is 8.69. The van der Waals surface area contributed by atoms with Gasteiger partial charge in [-0.3, -0.25) is 19.4 Å². The van der Waals surface area contributed by atoms with Crippen molar-refractivity contribution in [1.29, 1.82) is 5.26 Å². The van der Waals surface area contributed by atoms with Crippen molar-refractivity contribution in [2.24, 2.45) is 0 Å². The fraction of sp³-hybridized carbons (Fsp3) is 0.417. The summed E-state index contributed by atoms with van der Waals surface area (Å²) in [6.07, 6.45) is 4.99. The van der Waals surface area contributed by atoms with Crippen molar-refractivity contribution in [3.63, 3.8) is 0 Å². The van der Waals surface area contributed by atoms with Crippen LogP contribution < -0.4 is 15.1 Å². The van der Waals surface area contributed by atoms with Crippen LogP contribution in [0.3, 0.4) is 0 Å². The lowest BCUT2D eigenvalue weighted by Gasteiger charge is -2.45.